The van der Waals surface area contributed by atoms with Crippen LogP contribution in [0.1, 0.15) is 12.5 Å². The van der Waals surface area contributed by atoms with Gasteiger partial charge in [0.25, 0.3) is 11.8 Å². The molecule has 0 spiro atoms. The summed E-state index contributed by atoms with van der Waals surface area (Å²) < 4.78 is 14.0. The molecular weight excluding hydrogens is 375 g/mol. The van der Waals surface area contributed by atoms with E-state index >= 15 is 0 Å². The van der Waals surface area contributed by atoms with E-state index in [4.69, 9.17) is 0 Å². The minimum absolute atomic E-state index is 0.201. The lowest BCUT2D eigenvalue weighted by Crippen LogP contribution is -2.32. The number of rotatable bonds is 4. The number of carbonyl (C=O) groups is 2. The van der Waals surface area contributed by atoms with Crippen molar-refractivity contribution in [3.8, 4) is 0 Å². The molecule has 0 fully saturated rings. The summed E-state index contributed by atoms with van der Waals surface area (Å²) in [5.41, 5.74) is 1.63. The van der Waals surface area contributed by atoms with E-state index in [-0.39, 0.29) is 29.6 Å². The zero-order valence-corrected chi connectivity index (χ0v) is 14.4. The topological polar surface area (TPSA) is 49.4 Å². The third kappa shape index (κ3) is 2.97. The van der Waals surface area contributed by atoms with Gasteiger partial charge in [-0.25, -0.2) is 4.39 Å². The number of halogens is 2. The number of hydrogen-bond donors (Lipinski definition) is 1. The number of benzene rings is 2. The van der Waals surface area contributed by atoms with E-state index in [9.17, 15) is 14.0 Å². The number of nitrogens with zero attached hydrogens (tertiary/aromatic N) is 1. The quantitative estimate of drug-likeness (QED) is 0.810. The number of nitrogens with one attached hydrogen (secondary N) is 1. The SMILES string of the molecule is CCN1C(=O)C(Nc2cccc(Br)c2)=C(c2ccc(F)cc2)C1=O. The molecule has 0 radical (unpaired) electrons. The Morgan fingerprint density at radius 3 is 2.42 bits per heavy atom. The fourth-order valence-corrected chi connectivity index (χ4v) is 2.97. The van der Waals surface area contributed by atoms with Crippen molar-refractivity contribution in [2.75, 3.05) is 11.9 Å². The van der Waals surface area contributed by atoms with Gasteiger partial charge in [-0.1, -0.05) is 34.1 Å². The van der Waals surface area contributed by atoms with Crippen molar-refractivity contribution in [1.29, 1.82) is 0 Å². The fourth-order valence-electron chi connectivity index (χ4n) is 2.57. The van der Waals surface area contributed by atoms with Crippen molar-refractivity contribution >= 4 is 39.0 Å². The van der Waals surface area contributed by atoms with Gasteiger partial charge in [0.15, 0.2) is 0 Å². The Balaban J connectivity index is 2.09. The summed E-state index contributed by atoms with van der Waals surface area (Å²) in [5.74, 6) is -1.17. The zero-order chi connectivity index (χ0) is 17.3. The van der Waals surface area contributed by atoms with Gasteiger partial charge < -0.3 is 5.32 Å². The van der Waals surface area contributed by atoms with Crippen LogP contribution in [0.25, 0.3) is 5.57 Å². The van der Waals surface area contributed by atoms with Gasteiger partial charge in [-0.05, 0) is 42.8 Å². The highest BCUT2D eigenvalue weighted by Crippen LogP contribution is 2.30. The maximum absolute atomic E-state index is 13.2. The van der Waals surface area contributed by atoms with E-state index < -0.39 is 5.82 Å². The van der Waals surface area contributed by atoms with Crippen LogP contribution >= 0.6 is 15.9 Å². The third-order valence-corrected chi connectivity index (χ3v) is 4.20. The first kappa shape index (κ1) is 16.4. The highest BCUT2D eigenvalue weighted by Gasteiger charge is 2.38. The van der Waals surface area contributed by atoms with Crippen LogP contribution in [0, 0.1) is 5.82 Å². The first-order valence-electron chi connectivity index (χ1n) is 7.40. The predicted molar refractivity (Wildman–Crippen MR) is 93.5 cm³/mol. The molecule has 0 aromatic heterocycles. The Bertz CT molecular complexity index is 846. The molecule has 1 heterocycles. The number of imide groups is 1. The number of carbonyl (C=O) groups excluding carboxylic acids is 2. The highest BCUT2D eigenvalue weighted by atomic mass is 79.9. The second kappa shape index (κ2) is 6.57. The summed E-state index contributed by atoms with van der Waals surface area (Å²) >= 11 is 3.37. The molecule has 0 aliphatic carbocycles. The molecule has 2 aromatic carbocycles. The van der Waals surface area contributed by atoms with Crippen LogP contribution in [-0.2, 0) is 9.59 Å². The van der Waals surface area contributed by atoms with Crippen LogP contribution in [0.2, 0.25) is 0 Å². The van der Waals surface area contributed by atoms with E-state index in [2.05, 4.69) is 21.2 Å². The van der Waals surface area contributed by atoms with E-state index in [1.165, 1.54) is 29.2 Å². The molecule has 3 rings (SSSR count). The van der Waals surface area contributed by atoms with Gasteiger partial charge >= 0.3 is 0 Å². The lowest BCUT2D eigenvalue weighted by molar-refractivity contribution is -0.136. The number of amides is 2. The van der Waals surface area contributed by atoms with Crippen LogP contribution in [-0.4, -0.2) is 23.3 Å². The number of likely N-dealkylation sites (N-methyl/N-ethyl adjacent to an activating group) is 1. The highest BCUT2D eigenvalue weighted by molar-refractivity contribution is 9.10. The molecule has 0 unspecified atom stereocenters. The van der Waals surface area contributed by atoms with E-state index in [1.807, 2.05) is 18.2 Å². The maximum Gasteiger partial charge on any atom is 0.278 e. The van der Waals surface area contributed by atoms with Crippen LogP contribution in [0.4, 0.5) is 10.1 Å². The summed E-state index contributed by atoms with van der Waals surface area (Å²) in [6.07, 6.45) is 0. The molecule has 1 aliphatic rings. The molecule has 122 valence electrons. The Kier molecular flexibility index (Phi) is 4.49. The van der Waals surface area contributed by atoms with Crippen LogP contribution in [0.5, 0.6) is 0 Å². The molecule has 0 saturated carbocycles. The average Bonchev–Trinajstić information content (AvgIpc) is 2.79. The van der Waals surface area contributed by atoms with E-state index in [1.54, 1.807) is 13.0 Å². The molecule has 0 atom stereocenters. The molecule has 4 nitrogen and oxygen atoms in total. The van der Waals surface area contributed by atoms with Gasteiger partial charge in [0.1, 0.15) is 11.5 Å². The van der Waals surface area contributed by atoms with Gasteiger partial charge in [-0.2, -0.15) is 0 Å². The van der Waals surface area contributed by atoms with Crippen molar-refractivity contribution in [2.24, 2.45) is 0 Å². The summed E-state index contributed by atoms with van der Waals surface area (Å²) in [6, 6.07) is 12.8. The van der Waals surface area contributed by atoms with Gasteiger partial charge in [0.2, 0.25) is 0 Å². The molecule has 2 amide bonds. The molecule has 6 heteroatoms. The van der Waals surface area contributed by atoms with Gasteiger partial charge in [-0.3, -0.25) is 14.5 Å². The molecule has 0 saturated heterocycles. The van der Waals surface area contributed by atoms with Crippen molar-refractivity contribution in [1.82, 2.24) is 4.90 Å². The van der Waals surface area contributed by atoms with Crippen molar-refractivity contribution < 1.29 is 14.0 Å². The predicted octanol–water partition coefficient (Wildman–Crippen LogP) is 3.80. The van der Waals surface area contributed by atoms with Crippen LogP contribution in [0.3, 0.4) is 0 Å². The summed E-state index contributed by atoms with van der Waals surface area (Å²) in [5, 5.41) is 3.03. The molecular formula is C18H14BrFN2O2. The smallest absolute Gasteiger partial charge is 0.278 e. The number of hydrogen-bond acceptors (Lipinski definition) is 3. The summed E-state index contributed by atoms with van der Waals surface area (Å²) in [4.78, 5) is 26.4. The van der Waals surface area contributed by atoms with Gasteiger partial charge in [0, 0.05) is 16.7 Å². The average molecular weight is 389 g/mol. The van der Waals surface area contributed by atoms with E-state index in [0.717, 1.165) is 4.47 Å². The monoisotopic (exact) mass is 388 g/mol. The molecule has 2 aromatic rings. The van der Waals surface area contributed by atoms with Gasteiger partial charge in [-0.15, -0.1) is 0 Å². The third-order valence-electron chi connectivity index (χ3n) is 3.71. The zero-order valence-electron chi connectivity index (χ0n) is 12.8. The van der Waals surface area contributed by atoms with E-state index in [0.29, 0.717) is 11.3 Å². The second-order valence-corrected chi connectivity index (χ2v) is 6.16. The summed E-state index contributed by atoms with van der Waals surface area (Å²) in [6.45, 7) is 2.01. The standard InChI is InChI=1S/C18H14BrFN2O2/c1-2-22-17(23)15(11-6-8-13(20)9-7-11)16(18(22)24)21-14-5-3-4-12(19)10-14/h3-10,21H,2H2,1H3. The first-order chi connectivity index (χ1) is 11.5. The molecule has 1 N–H and O–H groups in total. The van der Waals surface area contributed by atoms with Crippen molar-refractivity contribution in [3.63, 3.8) is 0 Å². The molecule has 1 aliphatic heterocycles. The summed E-state index contributed by atoms with van der Waals surface area (Å²) in [7, 11) is 0. The largest absolute Gasteiger partial charge is 0.350 e. The Morgan fingerprint density at radius 2 is 1.79 bits per heavy atom. The Morgan fingerprint density at radius 1 is 1.08 bits per heavy atom. The van der Waals surface area contributed by atoms with Gasteiger partial charge in [0.05, 0.1) is 5.57 Å². The minimum Gasteiger partial charge on any atom is -0.350 e. The van der Waals surface area contributed by atoms with Crippen molar-refractivity contribution in [2.45, 2.75) is 6.92 Å². The van der Waals surface area contributed by atoms with Crippen LogP contribution in [0.15, 0.2) is 58.7 Å². The first-order valence-corrected chi connectivity index (χ1v) is 8.19. The lowest BCUT2D eigenvalue weighted by atomic mass is 10.0. The molecule has 0 bridgehead atoms. The minimum atomic E-state index is -0.398. The van der Waals surface area contributed by atoms with Crippen molar-refractivity contribution in [3.05, 3.63) is 70.1 Å². The molecule has 24 heavy (non-hydrogen) atoms. The normalized spacial score (nSPS) is 14.5. The fraction of sp³-hybridized carbons (Fsp3) is 0.111. The van der Waals surface area contributed by atoms with Crippen LogP contribution < -0.4 is 5.32 Å². The second-order valence-electron chi connectivity index (χ2n) is 5.25. The Hall–Kier alpha value is -2.47. The number of anilines is 1. The lowest BCUT2D eigenvalue weighted by Gasteiger charge is -2.12. The maximum atomic E-state index is 13.2. The Labute approximate surface area is 147 Å².